The number of benzene rings is 1. The zero-order valence-electron chi connectivity index (χ0n) is 12.7. The Labute approximate surface area is 139 Å². The number of amides is 1. The van der Waals surface area contributed by atoms with Gasteiger partial charge in [-0.2, -0.15) is 0 Å². The summed E-state index contributed by atoms with van der Waals surface area (Å²) in [7, 11) is 0. The zero-order chi connectivity index (χ0) is 16.3. The van der Waals surface area contributed by atoms with Crippen molar-refractivity contribution in [1.29, 1.82) is 0 Å². The Morgan fingerprint density at radius 2 is 2.13 bits per heavy atom. The molecule has 1 aromatic carbocycles. The molecule has 0 atom stereocenters. The minimum absolute atomic E-state index is 0.122. The Bertz CT molecular complexity index is 714. The van der Waals surface area contributed by atoms with Crippen LogP contribution < -0.4 is 10.1 Å². The van der Waals surface area contributed by atoms with Crippen molar-refractivity contribution in [2.75, 3.05) is 13.2 Å². The number of ether oxygens (including phenoxy) is 1. The summed E-state index contributed by atoms with van der Waals surface area (Å²) in [6, 6.07) is 7.08. The zero-order valence-corrected chi connectivity index (χ0v) is 13.5. The van der Waals surface area contributed by atoms with E-state index < -0.39 is 5.60 Å². The second kappa shape index (κ2) is 6.72. The van der Waals surface area contributed by atoms with E-state index in [-0.39, 0.29) is 19.1 Å². The molecule has 0 unspecified atom stereocenters. The van der Waals surface area contributed by atoms with Crippen LogP contribution >= 0.6 is 11.6 Å². The number of fused-ring (bicyclic) bond motifs is 1. The van der Waals surface area contributed by atoms with Gasteiger partial charge in [-0.3, -0.25) is 9.78 Å². The molecule has 0 aliphatic heterocycles. The largest absolute Gasteiger partial charge is 0.481 e. The van der Waals surface area contributed by atoms with Gasteiger partial charge in [-0.15, -0.1) is 0 Å². The first kappa shape index (κ1) is 16.0. The molecular formula is C17H19ClN2O3. The maximum atomic E-state index is 11.9. The standard InChI is InChI=1S/C17H19ClN2O3/c18-13-5-6-14(16-12(13)4-3-9-19-16)23-10-15(21)20-11-17(22)7-1-2-8-17/h3-6,9,22H,1-2,7-8,10-11H2,(H,20,21). The molecule has 0 bridgehead atoms. The van der Waals surface area contributed by atoms with Gasteiger partial charge in [0.15, 0.2) is 6.61 Å². The molecule has 1 heterocycles. The summed E-state index contributed by atoms with van der Waals surface area (Å²) in [6.45, 7) is 0.151. The number of nitrogens with one attached hydrogen (secondary N) is 1. The third-order valence-corrected chi connectivity index (χ3v) is 4.52. The SMILES string of the molecule is O=C(COc1ccc(Cl)c2cccnc12)NCC1(O)CCCC1. The van der Waals surface area contributed by atoms with Crippen molar-refractivity contribution in [2.24, 2.45) is 0 Å². The molecular weight excluding hydrogens is 316 g/mol. The molecule has 23 heavy (non-hydrogen) atoms. The minimum Gasteiger partial charge on any atom is -0.481 e. The Balaban J connectivity index is 1.60. The second-order valence-corrected chi connectivity index (χ2v) is 6.35. The van der Waals surface area contributed by atoms with Crippen molar-refractivity contribution in [3.63, 3.8) is 0 Å². The van der Waals surface area contributed by atoms with Crippen molar-refractivity contribution in [3.8, 4) is 5.75 Å². The molecule has 0 spiro atoms. The Morgan fingerprint density at radius 3 is 2.91 bits per heavy atom. The fourth-order valence-corrected chi connectivity index (χ4v) is 3.11. The van der Waals surface area contributed by atoms with E-state index in [2.05, 4.69) is 10.3 Å². The van der Waals surface area contributed by atoms with Crippen molar-refractivity contribution < 1.29 is 14.6 Å². The predicted octanol–water partition coefficient (Wildman–Crippen LogP) is 2.69. The van der Waals surface area contributed by atoms with E-state index in [1.807, 2.05) is 6.07 Å². The summed E-state index contributed by atoms with van der Waals surface area (Å²) in [4.78, 5) is 16.2. The van der Waals surface area contributed by atoms with Crippen molar-refractivity contribution in [2.45, 2.75) is 31.3 Å². The Hall–Kier alpha value is -1.85. The molecule has 122 valence electrons. The molecule has 6 heteroatoms. The van der Waals surface area contributed by atoms with E-state index >= 15 is 0 Å². The first-order valence-corrected chi connectivity index (χ1v) is 8.10. The van der Waals surface area contributed by atoms with Crippen LogP contribution in [0.15, 0.2) is 30.5 Å². The van der Waals surface area contributed by atoms with Crippen LogP contribution in [0.4, 0.5) is 0 Å². The maximum Gasteiger partial charge on any atom is 0.258 e. The maximum absolute atomic E-state index is 11.9. The number of halogens is 1. The molecule has 1 saturated carbocycles. The number of nitrogens with zero attached hydrogens (tertiary/aromatic N) is 1. The summed E-state index contributed by atoms with van der Waals surface area (Å²) in [5.74, 6) is 0.254. The van der Waals surface area contributed by atoms with Crippen LogP contribution in [0.2, 0.25) is 5.02 Å². The van der Waals surface area contributed by atoms with E-state index in [0.717, 1.165) is 31.1 Å². The summed E-state index contributed by atoms with van der Waals surface area (Å²) in [6.07, 6.45) is 5.14. The smallest absolute Gasteiger partial charge is 0.258 e. The van der Waals surface area contributed by atoms with Crippen molar-refractivity contribution in [1.82, 2.24) is 10.3 Å². The quantitative estimate of drug-likeness (QED) is 0.882. The Morgan fingerprint density at radius 1 is 1.35 bits per heavy atom. The van der Waals surface area contributed by atoms with Gasteiger partial charge in [0.25, 0.3) is 5.91 Å². The molecule has 1 aliphatic rings. The summed E-state index contributed by atoms with van der Waals surface area (Å²) < 4.78 is 5.57. The van der Waals surface area contributed by atoms with Gasteiger partial charge in [0.2, 0.25) is 0 Å². The first-order valence-electron chi connectivity index (χ1n) is 7.73. The van der Waals surface area contributed by atoms with Gasteiger partial charge >= 0.3 is 0 Å². The van der Waals surface area contributed by atoms with E-state index in [9.17, 15) is 9.90 Å². The lowest BCUT2D eigenvalue weighted by atomic mass is 10.0. The predicted molar refractivity (Wildman–Crippen MR) is 88.7 cm³/mol. The molecule has 0 radical (unpaired) electrons. The number of carbonyl (C=O) groups is 1. The fraction of sp³-hybridized carbons (Fsp3) is 0.412. The third kappa shape index (κ3) is 3.74. The summed E-state index contributed by atoms with van der Waals surface area (Å²) in [5, 5.41) is 14.3. The molecule has 1 amide bonds. The number of pyridine rings is 1. The van der Waals surface area contributed by atoms with Crippen LogP contribution in [-0.4, -0.2) is 34.8 Å². The fourth-order valence-electron chi connectivity index (χ4n) is 2.90. The number of aromatic nitrogens is 1. The Kier molecular flexibility index (Phi) is 4.68. The van der Waals surface area contributed by atoms with Crippen LogP contribution in [0, 0.1) is 0 Å². The van der Waals surface area contributed by atoms with Crippen LogP contribution in [0.25, 0.3) is 10.9 Å². The van der Waals surface area contributed by atoms with Crippen LogP contribution in [0.1, 0.15) is 25.7 Å². The third-order valence-electron chi connectivity index (χ3n) is 4.19. The molecule has 0 saturated heterocycles. The second-order valence-electron chi connectivity index (χ2n) is 5.94. The van der Waals surface area contributed by atoms with E-state index in [1.54, 1.807) is 24.4 Å². The van der Waals surface area contributed by atoms with Crippen LogP contribution in [0.3, 0.4) is 0 Å². The highest BCUT2D eigenvalue weighted by Crippen LogP contribution is 2.30. The molecule has 5 nitrogen and oxygen atoms in total. The highest BCUT2D eigenvalue weighted by molar-refractivity contribution is 6.35. The average Bonchev–Trinajstić information content (AvgIpc) is 3.00. The number of rotatable bonds is 5. The van der Waals surface area contributed by atoms with Gasteiger partial charge in [-0.05, 0) is 37.1 Å². The number of carbonyl (C=O) groups excluding carboxylic acids is 1. The van der Waals surface area contributed by atoms with Gasteiger partial charge in [-0.25, -0.2) is 0 Å². The number of hydrogen-bond donors (Lipinski definition) is 2. The highest BCUT2D eigenvalue weighted by Gasteiger charge is 2.31. The number of hydrogen-bond acceptors (Lipinski definition) is 4. The van der Waals surface area contributed by atoms with E-state index in [4.69, 9.17) is 16.3 Å². The lowest BCUT2D eigenvalue weighted by Crippen LogP contribution is -2.42. The van der Waals surface area contributed by atoms with Crippen LogP contribution in [-0.2, 0) is 4.79 Å². The molecule has 3 rings (SSSR count). The van der Waals surface area contributed by atoms with Gasteiger partial charge in [0.1, 0.15) is 11.3 Å². The molecule has 2 aromatic rings. The average molecular weight is 335 g/mol. The van der Waals surface area contributed by atoms with Gasteiger partial charge < -0.3 is 15.2 Å². The monoisotopic (exact) mass is 334 g/mol. The minimum atomic E-state index is -0.760. The van der Waals surface area contributed by atoms with Gasteiger partial charge in [-0.1, -0.05) is 24.4 Å². The molecule has 1 fully saturated rings. The number of aliphatic hydroxyl groups is 1. The van der Waals surface area contributed by atoms with Crippen molar-refractivity contribution >= 4 is 28.4 Å². The van der Waals surface area contributed by atoms with Gasteiger partial charge in [0, 0.05) is 18.1 Å². The van der Waals surface area contributed by atoms with E-state index in [0.29, 0.717) is 16.3 Å². The summed E-state index contributed by atoms with van der Waals surface area (Å²) in [5.41, 5.74) is -0.133. The first-order chi connectivity index (χ1) is 11.1. The lowest BCUT2D eigenvalue weighted by Gasteiger charge is -2.22. The van der Waals surface area contributed by atoms with E-state index in [1.165, 1.54) is 0 Å². The summed E-state index contributed by atoms with van der Waals surface area (Å²) >= 11 is 6.13. The van der Waals surface area contributed by atoms with Gasteiger partial charge in [0.05, 0.1) is 10.6 Å². The lowest BCUT2D eigenvalue weighted by molar-refractivity contribution is -0.124. The highest BCUT2D eigenvalue weighted by atomic mass is 35.5. The van der Waals surface area contributed by atoms with Crippen molar-refractivity contribution in [3.05, 3.63) is 35.5 Å². The molecule has 1 aliphatic carbocycles. The molecule has 2 N–H and O–H groups in total. The normalized spacial score (nSPS) is 16.4. The topological polar surface area (TPSA) is 71.5 Å². The van der Waals surface area contributed by atoms with Crippen LogP contribution in [0.5, 0.6) is 5.75 Å². The molecule has 1 aromatic heterocycles.